The summed E-state index contributed by atoms with van der Waals surface area (Å²) < 4.78 is 12.9. The Morgan fingerprint density at radius 3 is 2.50 bits per heavy atom. The minimum absolute atomic E-state index is 0.00388. The van der Waals surface area contributed by atoms with E-state index in [-0.39, 0.29) is 17.9 Å². The summed E-state index contributed by atoms with van der Waals surface area (Å²) in [5.41, 5.74) is -0.820. The molecule has 1 amide bonds. The summed E-state index contributed by atoms with van der Waals surface area (Å²) in [7, 11) is 0. The Balaban J connectivity index is 2.94. The van der Waals surface area contributed by atoms with Crippen LogP contribution in [0.25, 0.3) is 0 Å². The monoisotopic (exact) mass is 313 g/mol. The first kappa shape index (κ1) is 18.6. The summed E-state index contributed by atoms with van der Waals surface area (Å²) in [4.78, 5) is 12.2. The van der Waals surface area contributed by atoms with Crippen LogP contribution in [0, 0.1) is 5.41 Å². The molecular formula is C16H29N2O4+. The Labute approximate surface area is 132 Å². The van der Waals surface area contributed by atoms with Gasteiger partial charge in [0.2, 0.25) is 0 Å². The molecule has 0 radical (unpaired) electrons. The number of aliphatic hydroxyl groups excluding tert-OH is 1. The lowest BCUT2D eigenvalue weighted by atomic mass is 9.91. The summed E-state index contributed by atoms with van der Waals surface area (Å²) in [5.74, 6) is 1.32. The van der Waals surface area contributed by atoms with E-state index in [1.54, 1.807) is 4.74 Å². The molecular weight excluding hydrogens is 284 g/mol. The summed E-state index contributed by atoms with van der Waals surface area (Å²) in [6, 6.07) is 1.84. The number of hydrogen-bond donors (Lipinski definition) is 2. The molecule has 0 saturated heterocycles. The third kappa shape index (κ3) is 4.81. The minimum Gasteiger partial charge on any atom is -0.394 e. The molecule has 0 saturated carbocycles. The number of nitrogens with zero attached hydrogens (tertiary/aromatic N) is 1. The maximum absolute atomic E-state index is 12.2. The fourth-order valence-corrected chi connectivity index (χ4v) is 1.81. The van der Waals surface area contributed by atoms with E-state index < -0.39 is 5.41 Å². The fourth-order valence-electron chi connectivity index (χ4n) is 1.81. The zero-order valence-electron chi connectivity index (χ0n) is 14.5. The quantitative estimate of drug-likeness (QED) is 0.595. The molecule has 1 heterocycles. The van der Waals surface area contributed by atoms with E-state index in [0.29, 0.717) is 25.6 Å². The average Bonchev–Trinajstić information content (AvgIpc) is 2.81. The van der Waals surface area contributed by atoms with Gasteiger partial charge in [-0.25, -0.2) is 10.1 Å². The van der Waals surface area contributed by atoms with Gasteiger partial charge in [0.25, 0.3) is 0 Å². The molecule has 0 spiro atoms. The van der Waals surface area contributed by atoms with Gasteiger partial charge in [0.1, 0.15) is 6.54 Å². The molecule has 1 rings (SSSR count). The van der Waals surface area contributed by atoms with Crippen LogP contribution >= 0.6 is 0 Å². The molecule has 1 aromatic rings. The number of anilines is 1. The van der Waals surface area contributed by atoms with Crippen LogP contribution in [0.15, 0.2) is 10.6 Å². The van der Waals surface area contributed by atoms with E-state index in [9.17, 15) is 4.79 Å². The predicted octanol–water partition coefficient (Wildman–Crippen LogP) is 1.86. The number of aryl methyl sites for hydroxylation is 1. The number of hydrogen-bond acceptors (Lipinski definition) is 4. The number of carbonyl (C=O) groups excluding carboxylic acids is 1. The van der Waals surface area contributed by atoms with E-state index >= 15 is 0 Å². The molecule has 6 nitrogen and oxygen atoms in total. The number of carbonyl (C=O) groups is 1. The normalized spacial score (nSPS) is 12.5. The predicted molar refractivity (Wildman–Crippen MR) is 83.6 cm³/mol. The molecule has 2 N–H and O–H groups in total. The molecule has 0 aliphatic carbocycles. The fraction of sp³-hybridized carbons (Fsp3) is 0.750. The van der Waals surface area contributed by atoms with Crippen LogP contribution in [0.3, 0.4) is 0 Å². The minimum atomic E-state index is -0.469. The molecule has 0 unspecified atom stereocenters. The second kappa shape index (κ2) is 7.24. The van der Waals surface area contributed by atoms with Crippen molar-refractivity contribution >= 4 is 11.7 Å². The lowest BCUT2D eigenvalue weighted by Crippen LogP contribution is -2.38. The van der Waals surface area contributed by atoms with Gasteiger partial charge in [-0.3, -0.25) is 0 Å². The number of aliphatic hydroxyl groups is 1. The lowest BCUT2D eigenvalue weighted by Gasteiger charge is -2.19. The van der Waals surface area contributed by atoms with Crippen molar-refractivity contribution in [2.75, 3.05) is 25.1 Å². The Morgan fingerprint density at radius 2 is 2.00 bits per heavy atom. The number of amides is 1. The van der Waals surface area contributed by atoms with Gasteiger partial charge in [-0.1, -0.05) is 18.6 Å². The molecule has 0 fully saturated rings. The van der Waals surface area contributed by atoms with E-state index in [0.717, 1.165) is 5.76 Å². The standard InChI is InChI=1S/C16H28N2O4/c1-7-18-13(17-14(20)15(2,3)4)10-12(22-18)16(5,6)11-21-9-8-19/h10,19H,7-9,11H2,1-6H3/p+1. The number of rotatable bonds is 7. The lowest BCUT2D eigenvalue weighted by molar-refractivity contribution is -0.851. The topological polar surface area (TPSA) is 75.6 Å². The van der Waals surface area contributed by atoms with Crippen molar-refractivity contribution < 1.29 is 23.9 Å². The summed E-state index contributed by atoms with van der Waals surface area (Å²) in [6.07, 6.45) is 0. The smallest absolute Gasteiger partial charge is 0.320 e. The molecule has 0 aliphatic rings. The van der Waals surface area contributed by atoms with Crippen LogP contribution < -0.4 is 10.1 Å². The zero-order chi connectivity index (χ0) is 17.0. The Hall–Kier alpha value is -1.40. The number of nitrogens with one attached hydrogen (secondary N) is 1. The van der Waals surface area contributed by atoms with Crippen LogP contribution in [0.4, 0.5) is 5.82 Å². The van der Waals surface area contributed by atoms with Crippen molar-refractivity contribution in [3.63, 3.8) is 0 Å². The maximum atomic E-state index is 12.2. The Bertz CT molecular complexity index is 501. The van der Waals surface area contributed by atoms with E-state index in [1.165, 1.54) is 0 Å². The van der Waals surface area contributed by atoms with Crippen molar-refractivity contribution in [2.24, 2.45) is 5.41 Å². The van der Waals surface area contributed by atoms with E-state index in [4.69, 9.17) is 14.4 Å². The molecule has 6 heteroatoms. The zero-order valence-corrected chi connectivity index (χ0v) is 14.5. The molecule has 0 aromatic carbocycles. The molecule has 22 heavy (non-hydrogen) atoms. The molecule has 0 atom stereocenters. The SMILES string of the molecule is CC[n+]1oc(C(C)(C)COCCO)cc1NC(=O)C(C)(C)C. The highest BCUT2D eigenvalue weighted by molar-refractivity contribution is 5.93. The maximum Gasteiger partial charge on any atom is 0.320 e. The van der Waals surface area contributed by atoms with Gasteiger partial charge in [-0.15, -0.1) is 0 Å². The first-order valence-electron chi connectivity index (χ1n) is 7.66. The van der Waals surface area contributed by atoms with E-state index in [1.807, 2.05) is 47.6 Å². The van der Waals surface area contributed by atoms with Crippen molar-refractivity contribution in [1.82, 2.24) is 0 Å². The van der Waals surface area contributed by atoms with Gasteiger partial charge in [-0.2, -0.15) is 0 Å². The van der Waals surface area contributed by atoms with Crippen LogP contribution in [-0.2, 0) is 21.5 Å². The summed E-state index contributed by atoms with van der Waals surface area (Å²) in [6.45, 7) is 12.9. The summed E-state index contributed by atoms with van der Waals surface area (Å²) >= 11 is 0. The van der Waals surface area contributed by atoms with Gasteiger partial charge >= 0.3 is 11.7 Å². The van der Waals surface area contributed by atoms with Crippen molar-refractivity contribution in [1.29, 1.82) is 0 Å². The largest absolute Gasteiger partial charge is 0.394 e. The highest BCUT2D eigenvalue weighted by Crippen LogP contribution is 2.26. The first-order valence-corrected chi connectivity index (χ1v) is 7.66. The highest BCUT2D eigenvalue weighted by Gasteiger charge is 2.33. The average molecular weight is 313 g/mol. The second-order valence-electron chi connectivity index (χ2n) is 7.04. The Morgan fingerprint density at radius 1 is 1.36 bits per heavy atom. The van der Waals surface area contributed by atoms with Crippen LogP contribution in [0.1, 0.15) is 47.3 Å². The van der Waals surface area contributed by atoms with E-state index in [2.05, 4.69) is 5.32 Å². The van der Waals surface area contributed by atoms with Gasteiger partial charge in [-0.05, 0) is 27.7 Å². The highest BCUT2D eigenvalue weighted by atomic mass is 16.5. The third-order valence-electron chi connectivity index (χ3n) is 3.32. The van der Waals surface area contributed by atoms with Gasteiger partial charge < -0.3 is 14.4 Å². The Kier molecular flexibility index (Phi) is 6.14. The number of ether oxygens (including phenoxy) is 1. The van der Waals surface area contributed by atoms with Crippen LogP contribution in [0.2, 0.25) is 0 Å². The third-order valence-corrected chi connectivity index (χ3v) is 3.32. The first-order chi connectivity index (χ1) is 10.1. The molecule has 0 bridgehead atoms. The van der Waals surface area contributed by atoms with Crippen LogP contribution in [0.5, 0.6) is 0 Å². The number of aromatic nitrogens is 1. The van der Waals surface area contributed by atoms with Gasteiger partial charge in [0.05, 0.1) is 36.7 Å². The van der Waals surface area contributed by atoms with Gasteiger partial charge in [0.15, 0.2) is 5.76 Å². The van der Waals surface area contributed by atoms with Crippen molar-refractivity contribution in [3.8, 4) is 0 Å². The van der Waals surface area contributed by atoms with Crippen molar-refractivity contribution in [3.05, 3.63) is 11.8 Å². The second-order valence-corrected chi connectivity index (χ2v) is 7.04. The molecule has 126 valence electrons. The molecule has 1 aromatic heterocycles. The molecule has 0 aliphatic heterocycles. The van der Waals surface area contributed by atoms with Crippen molar-refractivity contribution in [2.45, 2.75) is 53.5 Å². The summed E-state index contributed by atoms with van der Waals surface area (Å²) in [5, 5.41) is 11.7. The van der Waals surface area contributed by atoms with Gasteiger partial charge in [0, 0.05) is 0 Å². The van der Waals surface area contributed by atoms with Crippen LogP contribution in [-0.4, -0.2) is 30.8 Å².